The molecular weight excluding hydrogens is 228 g/mol. The van der Waals surface area contributed by atoms with Crippen LogP contribution in [0.4, 0.5) is 0 Å². The Bertz CT molecular complexity index is 178. The maximum Gasteiger partial charge on any atom is 0.0291 e. The molecule has 0 spiro atoms. The molecule has 0 saturated heterocycles. The van der Waals surface area contributed by atoms with Crippen molar-refractivity contribution in [2.24, 2.45) is 0 Å². The molecule has 0 rings (SSSR count). The fraction of sp³-hybridized carbons (Fsp3) is 1.00. The Kier molecular flexibility index (Phi) is 12.7. The number of rotatable bonds is 12. The summed E-state index contributed by atoms with van der Waals surface area (Å²) < 4.78 is 11.5. The van der Waals surface area contributed by atoms with Gasteiger partial charge in [0, 0.05) is 21.8 Å². The Morgan fingerprint density at radius 1 is 0.765 bits per heavy atom. The van der Waals surface area contributed by atoms with Crippen LogP contribution < -0.4 is 0 Å². The Morgan fingerprint density at radius 2 is 1.18 bits per heavy atom. The van der Waals surface area contributed by atoms with Crippen LogP contribution >= 0.6 is 0 Å². The highest BCUT2D eigenvalue weighted by molar-refractivity contribution is 7.85. The lowest BCUT2D eigenvalue weighted by molar-refractivity contribution is 0.562. The molecule has 0 saturated carbocycles. The van der Waals surface area contributed by atoms with E-state index in [1.54, 1.807) is 0 Å². The average Bonchev–Trinajstić information content (AvgIpc) is 2.31. The van der Waals surface area contributed by atoms with E-state index >= 15 is 0 Å². The standard InChI is InChI=1S/C15H32OS/c1-4-5-6-7-8-9-10-11-12-13-14-17(16)15(2)3/h15H,4-14H2,1-3H3/t17-/m1/s1. The zero-order valence-electron chi connectivity index (χ0n) is 12.2. The molecule has 1 atom stereocenters. The highest BCUT2D eigenvalue weighted by Crippen LogP contribution is 2.11. The first-order chi connectivity index (χ1) is 8.18. The van der Waals surface area contributed by atoms with Gasteiger partial charge in [-0.15, -0.1) is 0 Å². The summed E-state index contributed by atoms with van der Waals surface area (Å²) in [6, 6.07) is 0. The van der Waals surface area contributed by atoms with Gasteiger partial charge in [0.2, 0.25) is 0 Å². The first kappa shape index (κ1) is 17.2. The van der Waals surface area contributed by atoms with Gasteiger partial charge in [0.15, 0.2) is 0 Å². The maximum atomic E-state index is 11.5. The van der Waals surface area contributed by atoms with Crippen LogP contribution in [-0.4, -0.2) is 15.2 Å². The third-order valence-electron chi connectivity index (χ3n) is 3.22. The van der Waals surface area contributed by atoms with Crippen molar-refractivity contribution in [2.75, 3.05) is 5.75 Å². The van der Waals surface area contributed by atoms with Gasteiger partial charge in [-0.1, -0.05) is 78.6 Å². The fourth-order valence-corrected chi connectivity index (χ4v) is 2.93. The molecule has 0 unspecified atom stereocenters. The summed E-state index contributed by atoms with van der Waals surface area (Å²) in [4.78, 5) is 0. The van der Waals surface area contributed by atoms with Crippen molar-refractivity contribution in [3.05, 3.63) is 0 Å². The van der Waals surface area contributed by atoms with Crippen LogP contribution in [0.15, 0.2) is 0 Å². The normalized spacial score (nSPS) is 13.2. The van der Waals surface area contributed by atoms with Gasteiger partial charge < -0.3 is 0 Å². The molecule has 0 N–H and O–H groups in total. The van der Waals surface area contributed by atoms with E-state index in [2.05, 4.69) is 6.92 Å². The van der Waals surface area contributed by atoms with Gasteiger partial charge >= 0.3 is 0 Å². The first-order valence-electron chi connectivity index (χ1n) is 7.55. The predicted octanol–water partition coefficient (Wildman–Crippen LogP) is 5.06. The molecule has 0 fully saturated rings. The van der Waals surface area contributed by atoms with Gasteiger partial charge in [-0.25, -0.2) is 0 Å². The molecule has 1 nitrogen and oxygen atoms in total. The van der Waals surface area contributed by atoms with E-state index in [9.17, 15) is 4.21 Å². The third kappa shape index (κ3) is 12.4. The molecule has 2 heteroatoms. The topological polar surface area (TPSA) is 17.1 Å². The van der Waals surface area contributed by atoms with Gasteiger partial charge in [-0.05, 0) is 6.42 Å². The van der Waals surface area contributed by atoms with Crippen molar-refractivity contribution in [2.45, 2.75) is 90.2 Å². The molecule has 104 valence electrons. The summed E-state index contributed by atoms with van der Waals surface area (Å²) in [7, 11) is -0.584. The van der Waals surface area contributed by atoms with Crippen LogP contribution in [0.25, 0.3) is 0 Å². The summed E-state index contributed by atoms with van der Waals surface area (Å²) in [6.07, 6.45) is 13.5. The molecular formula is C15H32OS. The van der Waals surface area contributed by atoms with Crippen molar-refractivity contribution < 1.29 is 4.21 Å². The van der Waals surface area contributed by atoms with E-state index in [0.29, 0.717) is 5.25 Å². The van der Waals surface area contributed by atoms with E-state index in [4.69, 9.17) is 0 Å². The van der Waals surface area contributed by atoms with Gasteiger partial charge in [-0.2, -0.15) is 0 Å². The maximum absolute atomic E-state index is 11.5. The molecule has 0 bridgehead atoms. The van der Waals surface area contributed by atoms with Crippen LogP contribution in [0, 0.1) is 0 Å². The average molecular weight is 260 g/mol. The summed E-state index contributed by atoms with van der Waals surface area (Å²) in [6.45, 7) is 6.36. The quantitative estimate of drug-likeness (QED) is 0.448. The smallest absolute Gasteiger partial charge is 0.0291 e. The minimum Gasteiger partial charge on any atom is -0.259 e. The Hall–Kier alpha value is 0.150. The van der Waals surface area contributed by atoms with Crippen molar-refractivity contribution >= 4 is 10.8 Å². The second-order valence-electron chi connectivity index (χ2n) is 5.32. The molecule has 0 aromatic heterocycles. The Morgan fingerprint density at radius 3 is 1.59 bits per heavy atom. The van der Waals surface area contributed by atoms with E-state index in [1.165, 1.54) is 57.8 Å². The lowest BCUT2D eigenvalue weighted by Crippen LogP contribution is -2.09. The SMILES string of the molecule is CCCCCCCCCCCC[S@@](=O)C(C)C. The minimum absolute atomic E-state index is 0.341. The van der Waals surface area contributed by atoms with Crippen LogP contribution in [0.3, 0.4) is 0 Å². The van der Waals surface area contributed by atoms with Gasteiger partial charge in [-0.3, -0.25) is 4.21 Å². The van der Waals surface area contributed by atoms with Crippen LogP contribution in [0.1, 0.15) is 85.0 Å². The molecule has 17 heavy (non-hydrogen) atoms. The van der Waals surface area contributed by atoms with Gasteiger partial charge in [0.1, 0.15) is 0 Å². The number of hydrogen-bond donors (Lipinski definition) is 0. The molecule has 0 aromatic rings. The molecule has 0 radical (unpaired) electrons. The monoisotopic (exact) mass is 260 g/mol. The molecule has 0 heterocycles. The number of hydrogen-bond acceptors (Lipinski definition) is 1. The van der Waals surface area contributed by atoms with Crippen molar-refractivity contribution in [1.29, 1.82) is 0 Å². The summed E-state index contributed by atoms with van der Waals surface area (Å²) >= 11 is 0. The summed E-state index contributed by atoms with van der Waals surface area (Å²) in [5, 5.41) is 0.341. The fourth-order valence-electron chi connectivity index (χ4n) is 1.97. The molecule has 0 amide bonds. The highest BCUT2D eigenvalue weighted by Gasteiger charge is 2.03. The van der Waals surface area contributed by atoms with E-state index < -0.39 is 10.8 Å². The molecule has 0 aliphatic carbocycles. The zero-order chi connectivity index (χ0) is 12.9. The Balaban J connectivity index is 3.06. The van der Waals surface area contributed by atoms with Crippen molar-refractivity contribution in [3.63, 3.8) is 0 Å². The lowest BCUT2D eigenvalue weighted by Gasteiger charge is -2.05. The second-order valence-corrected chi connectivity index (χ2v) is 7.43. The van der Waals surface area contributed by atoms with Crippen LogP contribution in [-0.2, 0) is 10.8 Å². The zero-order valence-corrected chi connectivity index (χ0v) is 13.0. The second kappa shape index (κ2) is 12.6. The lowest BCUT2D eigenvalue weighted by atomic mass is 10.1. The molecule has 0 aromatic carbocycles. The van der Waals surface area contributed by atoms with Crippen molar-refractivity contribution in [1.82, 2.24) is 0 Å². The van der Waals surface area contributed by atoms with Crippen LogP contribution in [0.2, 0.25) is 0 Å². The minimum atomic E-state index is -0.584. The van der Waals surface area contributed by atoms with Crippen LogP contribution in [0.5, 0.6) is 0 Å². The largest absolute Gasteiger partial charge is 0.259 e. The molecule has 0 aliphatic rings. The summed E-state index contributed by atoms with van der Waals surface area (Å²) in [5.74, 6) is 0.911. The Labute approximate surface area is 111 Å². The first-order valence-corrected chi connectivity index (χ1v) is 8.93. The molecule has 0 aliphatic heterocycles. The predicted molar refractivity (Wildman–Crippen MR) is 80.0 cm³/mol. The van der Waals surface area contributed by atoms with E-state index in [1.807, 2.05) is 13.8 Å². The third-order valence-corrected chi connectivity index (χ3v) is 4.97. The summed E-state index contributed by atoms with van der Waals surface area (Å²) in [5.41, 5.74) is 0. The van der Waals surface area contributed by atoms with Crippen molar-refractivity contribution in [3.8, 4) is 0 Å². The van der Waals surface area contributed by atoms with Gasteiger partial charge in [0.05, 0.1) is 0 Å². The van der Waals surface area contributed by atoms with Gasteiger partial charge in [0.25, 0.3) is 0 Å². The van der Waals surface area contributed by atoms with E-state index in [0.717, 1.165) is 12.2 Å². The number of unbranched alkanes of at least 4 members (excludes halogenated alkanes) is 9. The van der Waals surface area contributed by atoms with E-state index in [-0.39, 0.29) is 0 Å². The highest BCUT2D eigenvalue weighted by atomic mass is 32.2.